The third-order valence-corrected chi connectivity index (χ3v) is 4.90. The molecule has 0 saturated heterocycles. The van der Waals surface area contributed by atoms with E-state index >= 15 is 0 Å². The largest absolute Gasteiger partial charge is 0.497 e. The molecule has 0 unspecified atom stereocenters. The van der Waals surface area contributed by atoms with Gasteiger partial charge in [0.2, 0.25) is 0 Å². The number of carbonyl (C=O) groups is 2. The number of rotatable bonds is 4. The van der Waals surface area contributed by atoms with E-state index in [1.54, 1.807) is 36.7 Å². The molecule has 2 aromatic carbocycles. The van der Waals surface area contributed by atoms with Crippen LogP contribution in [0.3, 0.4) is 0 Å². The minimum Gasteiger partial charge on any atom is -0.497 e. The first-order valence-corrected chi connectivity index (χ1v) is 9.33. The Morgan fingerprint density at radius 1 is 1.17 bits per heavy atom. The summed E-state index contributed by atoms with van der Waals surface area (Å²) in [6.07, 6.45) is 0. The molecule has 2 heterocycles. The second kappa shape index (κ2) is 7.43. The van der Waals surface area contributed by atoms with Gasteiger partial charge in [-0.25, -0.2) is 9.48 Å². The molecular weight excluding hydrogens is 370 g/mol. The first kappa shape index (κ1) is 18.7. The third kappa shape index (κ3) is 3.14. The molecule has 0 bridgehead atoms. The van der Waals surface area contributed by atoms with Gasteiger partial charge in [0.1, 0.15) is 5.75 Å². The maximum absolute atomic E-state index is 12.8. The molecule has 7 nitrogen and oxygen atoms in total. The summed E-state index contributed by atoms with van der Waals surface area (Å²) in [5.74, 6) is 0.0634. The number of fused-ring (bicyclic) bond motifs is 3. The second-order valence-electron chi connectivity index (χ2n) is 6.71. The van der Waals surface area contributed by atoms with Crippen molar-refractivity contribution in [1.29, 1.82) is 0 Å². The summed E-state index contributed by atoms with van der Waals surface area (Å²) in [5, 5.41) is 4.59. The zero-order chi connectivity index (χ0) is 20.5. The van der Waals surface area contributed by atoms with E-state index in [1.807, 2.05) is 42.5 Å². The summed E-state index contributed by atoms with van der Waals surface area (Å²) >= 11 is 0. The number of para-hydroxylation sites is 1. The number of esters is 1. The van der Waals surface area contributed by atoms with Crippen molar-refractivity contribution in [2.45, 2.75) is 13.5 Å². The number of amides is 1. The lowest BCUT2D eigenvalue weighted by Crippen LogP contribution is -2.25. The van der Waals surface area contributed by atoms with E-state index in [-0.39, 0.29) is 18.2 Å². The Kier molecular flexibility index (Phi) is 4.80. The smallest absolute Gasteiger partial charge is 0.359 e. The Morgan fingerprint density at radius 3 is 2.72 bits per heavy atom. The molecule has 7 heteroatoms. The highest BCUT2D eigenvalue weighted by atomic mass is 16.5. The molecule has 1 aromatic heterocycles. The fraction of sp³-hybridized carbons (Fsp3) is 0.227. The number of benzene rings is 2. The Hall–Kier alpha value is -3.61. The summed E-state index contributed by atoms with van der Waals surface area (Å²) in [5.41, 5.74) is 3.53. The number of ether oxygens (including phenoxy) is 2. The lowest BCUT2D eigenvalue weighted by Gasteiger charge is -2.15. The van der Waals surface area contributed by atoms with E-state index < -0.39 is 5.97 Å². The topological polar surface area (TPSA) is 73.7 Å². The summed E-state index contributed by atoms with van der Waals surface area (Å²) in [6.45, 7) is 2.30. The van der Waals surface area contributed by atoms with Gasteiger partial charge < -0.3 is 14.4 Å². The monoisotopic (exact) mass is 391 g/mol. The predicted molar refractivity (Wildman–Crippen MR) is 107 cm³/mol. The van der Waals surface area contributed by atoms with Crippen molar-refractivity contribution in [1.82, 2.24) is 14.7 Å². The van der Waals surface area contributed by atoms with E-state index in [2.05, 4.69) is 5.10 Å². The number of hydrogen-bond acceptors (Lipinski definition) is 5. The minimum atomic E-state index is -0.502. The Labute approximate surface area is 168 Å². The van der Waals surface area contributed by atoms with Crippen molar-refractivity contribution in [3.63, 3.8) is 0 Å². The molecule has 0 aliphatic carbocycles. The van der Waals surface area contributed by atoms with Gasteiger partial charge in [-0.1, -0.05) is 24.3 Å². The minimum absolute atomic E-state index is 0.0969. The maximum atomic E-state index is 12.8. The second-order valence-corrected chi connectivity index (χ2v) is 6.71. The predicted octanol–water partition coefficient (Wildman–Crippen LogP) is 3.31. The normalized spacial score (nSPS) is 12.8. The third-order valence-electron chi connectivity index (χ3n) is 4.90. The molecule has 3 aromatic rings. The highest BCUT2D eigenvalue weighted by molar-refractivity contribution is 6.00. The number of carbonyl (C=O) groups excluding carboxylic acids is 2. The molecule has 0 fully saturated rings. The number of aromatic nitrogens is 2. The van der Waals surface area contributed by atoms with E-state index in [9.17, 15) is 9.59 Å². The number of nitrogens with zero attached hydrogens (tertiary/aromatic N) is 3. The zero-order valence-corrected chi connectivity index (χ0v) is 16.5. The van der Waals surface area contributed by atoms with Gasteiger partial charge >= 0.3 is 5.97 Å². The van der Waals surface area contributed by atoms with Gasteiger partial charge in [-0.15, -0.1) is 0 Å². The Balaban J connectivity index is 2.02. The quantitative estimate of drug-likeness (QED) is 0.638. The Bertz CT molecular complexity index is 1100. The molecule has 0 saturated carbocycles. The van der Waals surface area contributed by atoms with Crippen LogP contribution in [0, 0.1) is 0 Å². The molecule has 0 N–H and O–H groups in total. The highest BCUT2D eigenvalue weighted by Gasteiger charge is 2.31. The van der Waals surface area contributed by atoms with Crippen LogP contribution in [0.25, 0.3) is 16.8 Å². The highest BCUT2D eigenvalue weighted by Crippen LogP contribution is 2.35. The first-order valence-electron chi connectivity index (χ1n) is 9.33. The van der Waals surface area contributed by atoms with E-state index in [0.29, 0.717) is 29.1 Å². The zero-order valence-electron chi connectivity index (χ0n) is 16.5. The molecule has 4 rings (SSSR count). The van der Waals surface area contributed by atoms with Crippen LogP contribution in [-0.4, -0.2) is 47.3 Å². The number of methoxy groups -OCH3 is 1. The summed E-state index contributed by atoms with van der Waals surface area (Å²) in [6, 6.07) is 14.7. The van der Waals surface area contributed by atoms with Crippen molar-refractivity contribution in [3.05, 3.63) is 65.5 Å². The maximum Gasteiger partial charge on any atom is 0.359 e. The van der Waals surface area contributed by atoms with Gasteiger partial charge in [0.15, 0.2) is 5.69 Å². The van der Waals surface area contributed by atoms with Crippen LogP contribution in [0.4, 0.5) is 0 Å². The van der Waals surface area contributed by atoms with Crippen LogP contribution >= 0.6 is 0 Å². The summed E-state index contributed by atoms with van der Waals surface area (Å²) in [7, 11) is 3.33. The molecule has 1 aliphatic heterocycles. The molecule has 148 valence electrons. The average Bonchev–Trinajstić information content (AvgIpc) is 3.08. The van der Waals surface area contributed by atoms with Crippen LogP contribution in [0.1, 0.15) is 33.5 Å². The van der Waals surface area contributed by atoms with E-state index in [0.717, 1.165) is 11.3 Å². The van der Waals surface area contributed by atoms with Crippen molar-refractivity contribution in [2.24, 2.45) is 0 Å². The van der Waals surface area contributed by atoms with Crippen LogP contribution in [0.15, 0.2) is 48.5 Å². The van der Waals surface area contributed by atoms with E-state index in [4.69, 9.17) is 9.47 Å². The molecule has 0 atom stereocenters. The van der Waals surface area contributed by atoms with Crippen LogP contribution in [0.5, 0.6) is 5.75 Å². The molecular formula is C22H21N3O4. The fourth-order valence-corrected chi connectivity index (χ4v) is 3.56. The fourth-order valence-electron chi connectivity index (χ4n) is 3.56. The standard InChI is InChI=1S/C22H21N3O4/c1-4-29-22(27)20-19(14-8-7-9-15(12-14)28-3)18-13-24(2)21(26)16-10-5-6-11-17(16)25(18)23-20/h5-12H,4,13H2,1-3H3. The van der Waals surface area contributed by atoms with E-state index in [1.165, 1.54) is 0 Å². The summed E-state index contributed by atoms with van der Waals surface area (Å²) in [4.78, 5) is 27.2. The Morgan fingerprint density at radius 2 is 1.97 bits per heavy atom. The van der Waals surface area contributed by atoms with Crippen LogP contribution in [0.2, 0.25) is 0 Å². The molecule has 29 heavy (non-hydrogen) atoms. The van der Waals surface area contributed by atoms with Gasteiger partial charge in [0.05, 0.1) is 37.2 Å². The lowest BCUT2D eigenvalue weighted by atomic mass is 10.0. The number of hydrogen-bond donors (Lipinski definition) is 0. The summed E-state index contributed by atoms with van der Waals surface area (Å²) < 4.78 is 12.3. The van der Waals surface area contributed by atoms with Gasteiger partial charge in [-0.05, 0) is 36.8 Å². The van der Waals surface area contributed by atoms with Crippen molar-refractivity contribution < 1.29 is 19.1 Å². The SMILES string of the molecule is CCOC(=O)c1nn2c(c1-c1cccc(OC)c1)CN(C)C(=O)c1ccccc1-2. The lowest BCUT2D eigenvalue weighted by molar-refractivity contribution is 0.0519. The van der Waals surface area contributed by atoms with Crippen molar-refractivity contribution in [3.8, 4) is 22.6 Å². The first-order chi connectivity index (χ1) is 14.0. The molecule has 1 aliphatic rings. The van der Waals surface area contributed by atoms with Crippen LogP contribution < -0.4 is 4.74 Å². The van der Waals surface area contributed by atoms with Gasteiger partial charge in [-0.2, -0.15) is 5.10 Å². The van der Waals surface area contributed by atoms with Crippen molar-refractivity contribution in [2.75, 3.05) is 20.8 Å². The van der Waals surface area contributed by atoms with Crippen LogP contribution in [-0.2, 0) is 11.3 Å². The van der Waals surface area contributed by atoms with Gasteiger partial charge in [0, 0.05) is 12.6 Å². The molecule has 0 radical (unpaired) electrons. The van der Waals surface area contributed by atoms with Gasteiger partial charge in [0.25, 0.3) is 5.91 Å². The average molecular weight is 391 g/mol. The van der Waals surface area contributed by atoms with Gasteiger partial charge in [-0.3, -0.25) is 4.79 Å². The molecule has 1 amide bonds. The molecule has 0 spiro atoms. The van der Waals surface area contributed by atoms with Crippen molar-refractivity contribution >= 4 is 11.9 Å².